The number of aryl methyl sites for hydroxylation is 1. The largest absolute Gasteiger partial charge is 0.293 e. The molecule has 4 heteroatoms. The Morgan fingerprint density at radius 2 is 1.95 bits per heavy atom. The lowest BCUT2D eigenvalue weighted by Gasteiger charge is -2.04. The number of carbonyl (C=O) groups excluding carboxylic acids is 1. The molecule has 0 aliphatic heterocycles. The first kappa shape index (κ1) is 13.7. The van der Waals surface area contributed by atoms with Gasteiger partial charge in [-0.25, -0.2) is 8.78 Å². The van der Waals surface area contributed by atoms with Gasteiger partial charge >= 0.3 is 0 Å². The van der Waals surface area contributed by atoms with Crippen LogP contribution in [0.15, 0.2) is 47.4 Å². The first-order chi connectivity index (χ1) is 9.06. The van der Waals surface area contributed by atoms with Crippen molar-refractivity contribution in [1.82, 2.24) is 0 Å². The summed E-state index contributed by atoms with van der Waals surface area (Å²) in [5.41, 5.74) is 0.921. The number of hydrogen-bond donors (Lipinski definition) is 0. The highest BCUT2D eigenvalue weighted by molar-refractivity contribution is 8.00. The molecular weight excluding hydrogens is 266 g/mol. The summed E-state index contributed by atoms with van der Waals surface area (Å²) in [5.74, 6) is -1.07. The zero-order valence-electron chi connectivity index (χ0n) is 10.3. The Morgan fingerprint density at radius 1 is 1.16 bits per heavy atom. The summed E-state index contributed by atoms with van der Waals surface area (Å²) in [7, 11) is 0. The van der Waals surface area contributed by atoms with E-state index in [0.29, 0.717) is 4.90 Å². The van der Waals surface area contributed by atoms with E-state index >= 15 is 0 Å². The fraction of sp³-hybridized carbons (Fsp3) is 0.133. The molecular formula is C15H12F2OS. The summed E-state index contributed by atoms with van der Waals surface area (Å²) in [5, 5.41) is 0. The molecule has 2 aromatic rings. The summed E-state index contributed by atoms with van der Waals surface area (Å²) in [6.45, 7) is 1.80. The van der Waals surface area contributed by atoms with Crippen molar-refractivity contribution in [2.45, 2.75) is 11.8 Å². The summed E-state index contributed by atoms with van der Waals surface area (Å²) in [6, 6.07) is 10.4. The molecule has 19 heavy (non-hydrogen) atoms. The third kappa shape index (κ3) is 3.64. The molecule has 0 bridgehead atoms. The van der Waals surface area contributed by atoms with Gasteiger partial charge in [0.25, 0.3) is 0 Å². The number of thioether (sulfide) groups is 1. The van der Waals surface area contributed by atoms with Crippen molar-refractivity contribution in [3.63, 3.8) is 0 Å². The molecule has 0 aromatic heterocycles. The Hall–Kier alpha value is -1.68. The maximum absolute atomic E-state index is 13.5. The average Bonchev–Trinajstić information content (AvgIpc) is 2.39. The third-order valence-corrected chi connectivity index (χ3v) is 3.58. The molecule has 0 aliphatic carbocycles. The zero-order chi connectivity index (χ0) is 13.8. The van der Waals surface area contributed by atoms with Crippen molar-refractivity contribution in [2.24, 2.45) is 0 Å². The van der Waals surface area contributed by atoms with Gasteiger partial charge in [-0.2, -0.15) is 0 Å². The third-order valence-electron chi connectivity index (χ3n) is 2.59. The highest BCUT2D eigenvalue weighted by atomic mass is 32.2. The molecule has 0 spiro atoms. The predicted octanol–water partition coefficient (Wildman–Crippen LogP) is 4.25. The molecule has 2 rings (SSSR count). The first-order valence-electron chi connectivity index (χ1n) is 5.74. The average molecular weight is 278 g/mol. The number of benzene rings is 2. The monoisotopic (exact) mass is 278 g/mol. The van der Waals surface area contributed by atoms with Crippen LogP contribution >= 0.6 is 11.8 Å². The molecule has 0 radical (unpaired) electrons. The summed E-state index contributed by atoms with van der Waals surface area (Å²) in [4.78, 5) is 12.6. The molecule has 0 aliphatic rings. The fourth-order valence-electron chi connectivity index (χ4n) is 1.64. The molecule has 0 saturated carbocycles. The molecule has 2 aromatic carbocycles. The van der Waals surface area contributed by atoms with Crippen LogP contribution in [-0.4, -0.2) is 11.5 Å². The van der Waals surface area contributed by atoms with Crippen LogP contribution in [-0.2, 0) is 0 Å². The van der Waals surface area contributed by atoms with Crippen molar-refractivity contribution >= 4 is 17.5 Å². The van der Waals surface area contributed by atoms with Crippen LogP contribution in [0.1, 0.15) is 15.9 Å². The lowest BCUT2D eigenvalue weighted by molar-refractivity contribution is 0.101. The van der Waals surface area contributed by atoms with Gasteiger partial charge in [0, 0.05) is 4.90 Å². The predicted molar refractivity (Wildman–Crippen MR) is 72.6 cm³/mol. The van der Waals surface area contributed by atoms with Gasteiger partial charge in [-0.05, 0) is 37.3 Å². The molecule has 0 saturated heterocycles. The molecule has 0 unspecified atom stereocenters. The van der Waals surface area contributed by atoms with E-state index < -0.39 is 5.82 Å². The topological polar surface area (TPSA) is 17.1 Å². The van der Waals surface area contributed by atoms with Gasteiger partial charge in [-0.15, -0.1) is 11.8 Å². The summed E-state index contributed by atoms with van der Waals surface area (Å²) in [6.07, 6.45) is 0. The molecule has 1 nitrogen and oxygen atoms in total. The summed E-state index contributed by atoms with van der Waals surface area (Å²) >= 11 is 1.20. The Kier molecular flexibility index (Phi) is 4.32. The van der Waals surface area contributed by atoms with E-state index in [-0.39, 0.29) is 22.9 Å². The van der Waals surface area contributed by atoms with Crippen LogP contribution in [0.4, 0.5) is 8.78 Å². The van der Waals surface area contributed by atoms with E-state index in [1.165, 1.54) is 36.0 Å². The van der Waals surface area contributed by atoms with Gasteiger partial charge in [-0.3, -0.25) is 4.79 Å². The lowest BCUT2D eigenvalue weighted by Crippen LogP contribution is -2.05. The molecule has 98 valence electrons. The minimum Gasteiger partial charge on any atom is -0.293 e. The number of hydrogen-bond acceptors (Lipinski definition) is 2. The number of halogens is 2. The maximum Gasteiger partial charge on any atom is 0.176 e. The van der Waals surface area contributed by atoms with Crippen LogP contribution in [0.3, 0.4) is 0 Å². The van der Waals surface area contributed by atoms with E-state index in [1.54, 1.807) is 25.1 Å². The molecule has 0 N–H and O–H groups in total. The fourth-order valence-corrected chi connectivity index (χ4v) is 2.46. The smallest absolute Gasteiger partial charge is 0.176 e. The second-order valence-electron chi connectivity index (χ2n) is 4.15. The Labute approximate surface area is 114 Å². The van der Waals surface area contributed by atoms with E-state index in [0.717, 1.165) is 5.56 Å². The van der Waals surface area contributed by atoms with E-state index in [9.17, 15) is 13.6 Å². The van der Waals surface area contributed by atoms with Crippen molar-refractivity contribution in [1.29, 1.82) is 0 Å². The lowest BCUT2D eigenvalue weighted by atomic mass is 10.1. The molecule has 0 amide bonds. The zero-order valence-corrected chi connectivity index (χ0v) is 11.1. The SMILES string of the molecule is Cc1ccc(F)c(C(=O)CSc2cccc(F)c2)c1. The Balaban J connectivity index is 2.07. The minimum absolute atomic E-state index is 0.0869. The molecule has 0 atom stereocenters. The number of Topliss-reactive ketones (excluding diaryl/α,β-unsaturated/α-hetero) is 1. The number of rotatable bonds is 4. The highest BCUT2D eigenvalue weighted by Gasteiger charge is 2.12. The molecule has 0 heterocycles. The quantitative estimate of drug-likeness (QED) is 0.614. The normalized spacial score (nSPS) is 10.5. The van der Waals surface area contributed by atoms with Crippen molar-refractivity contribution in [2.75, 3.05) is 5.75 Å². The van der Waals surface area contributed by atoms with Crippen molar-refractivity contribution in [3.8, 4) is 0 Å². The van der Waals surface area contributed by atoms with Crippen LogP contribution < -0.4 is 0 Å². The molecule has 0 fully saturated rings. The van der Waals surface area contributed by atoms with Crippen LogP contribution in [0.25, 0.3) is 0 Å². The van der Waals surface area contributed by atoms with E-state index in [2.05, 4.69) is 0 Å². The second-order valence-corrected chi connectivity index (χ2v) is 5.20. The van der Waals surface area contributed by atoms with E-state index in [1.807, 2.05) is 0 Å². The second kappa shape index (κ2) is 5.97. The van der Waals surface area contributed by atoms with Gasteiger partial charge in [-0.1, -0.05) is 17.7 Å². The van der Waals surface area contributed by atoms with Gasteiger partial charge in [0.2, 0.25) is 0 Å². The maximum atomic E-state index is 13.5. The van der Waals surface area contributed by atoms with Gasteiger partial charge in [0.1, 0.15) is 11.6 Å². The van der Waals surface area contributed by atoms with Gasteiger partial charge in [0.15, 0.2) is 5.78 Å². The van der Waals surface area contributed by atoms with E-state index in [4.69, 9.17) is 0 Å². The minimum atomic E-state index is -0.518. The van der Waals surface area contributed by atoms with Crippen molar-refractivity contribution in [3.05, 3.63) is 65.2 Å². The Bertz CT molecular complexity index is 611. The van der Waals surface area contributed by atoms with Crippen molar-refractivity contribution < 1.29 is 13.6 Å². The Morgan fingerprint density at radius 3 is 2.68 bits per heavy atom. The van der Waals surface area contributed by atoms with Crippen LogP contribution in [0, 0.1) is 18.6 Å². The van der Waals surface area contributed by atoms with Crippen LogP contribution in [0.2, 0.25) is 0 Å². The van der Waals surface area contributed by atoms with Gasteiger partial charge < -0.3 is 0 Å². The number of carbonyl (C=O) groups is 1. The first-order valence-corrected chi connectivity index (χ1v) is 6.72. The van der Waals surface area contributed by atoms with Gasteiger partial charge in [0.05, 0.1) is 11.3 Å². The van der Waals surface area contributed by atoms with Crippen LogP contribution in [0.5, 0.6) is 0 Å². The standard InChI is InChI=1S/C15H12F2OS/c1-10-5-6-14(17)13(7-10)15(18)9-19-12-4-2-3-11(16)8-12/h2-8H,9H2,1H3. The highest BCUT2D eigenvalue weighted by Crippen LogP contribution is 2.21. The summed E-state index contributed by atoms with van der Waals surface area (Å²) < 4.78 is 26.5. The number of ketones is 1.